The van der Waals surface area contributed by atoms with E-state index in [2.05, 4.69) is 38.8 Å². The lowest BCUT2D eigenvalue weighted by molar-refractivity contribution is 0.122. The molecular weight excluding hydrogens is 312 g/mol. The predicted molar refractivity (Wildman–Crippen MR) is 101 cm³/mol. The van der Waals surface area contributed by atoms with Gasteiger partial charge in [0, 0.05) is 50.3 Å². The minimum absolute atomic E-state index is 0.338. The Morgan fingerprint density at radius 2 is 1.72 bits per heavy atom. The molecule has 3 rings (SSSR count). The molecule has 1 fully saturated rings. The first-order valence-electron chi connectivity index (χ1n) is 8.64. The van der Waals surface area contributed by atoms with Gasteiger partial charge in [-0.1, -0.05) is 6.07 Å². The van der Waals surface area contributed by atoms with Crippen molar-refractivity contribution >= 4 is 11.0 Å². The van der Waals surface area contributed by atoms with Crippen LogP contribution in [0.4, 0.5) is 0 Å². The lowest BCUT2D eigenvalue weighted by atomic mass is 10.0. The third-order valence-corrected chi connectivity index (χ3v) is 4.72. The topological polar surface area (TPSA) is 84.3 Å². The Labute approximate surface area is 148 Å². The zero-order chi connectivity index (χ0) is 17.8. The Hall–Kier alpha value is -2.60. The van der Waals surface area contributed by atoms with Crippen molar-refractivity contribution in [3.63, 3.8) is 0 Å². The first kappa shape index (κ1) is 17.2. The second-order valence-electron chi connectivity index (χ2n) is 6.51. The molecule has 0 saturated carbocycles. The number of allylic oxidation sites excluding steroid dienone is 3. The van der Waals surface area contributed by atoms with Gasteiger partial charge in [-0.3, -0.25) is 14.9 Å². The van der Waals surface area contributed by atoms with E-state index in [1.807, 2.05) is 25.1 Å². The maximum absolute atomic E-state index is 6.14. The van der Waals surface area contributed by atoms with Gasteiger partial charge in [-0.05, 0) is 43.7 Å². The summed E-state index contributed by atoms with van der Waals surface area (Å²) in [7, 11) is 0. The Bertz CT molecular complexity index is 785. The highest BCUT2D eigenvalue weighted by Crippen LogP contribution is 2.24. The Kier molecular flexibility index (Phi) is 5.19. The van der Waals surface area contributed by atoms with Gasteiger partial charge in [0.25, 0.3) is 0 Å². The molecule has 0 radical (unpaired) electrons. The zero-order valence-electron chi connectivity index (χ0n) is 14.9. The third-order valence-electron chi connectivity index (χ3n) is 4.72. The van der Waals surface area contributed by atoms with Crippen LogP contribution in [-0.2, 0) is 0 Å². The van der Waals surface area contributed by atoms with Crippen LogP contribution in [0, 0.1) is 0 Å². The number of nitrogens with zero attached hydrogens (tertiary/aromatic N) is 4. The summed E-state index contributed by atoms with van der Waals surface area (Å²) in [6, 6.07) is 6.68. The molecule has 0 bridgehead atoms. The third kappa shape index (κ3) is 4.09. The molecule has 132 valence electrons. The number of hydrogen-bond acceptors (Lipinski definition) is 6. The van der Waals surface area contributed by atoms with E-state index in [1.54, 1.807) is 12.4 Å². The molecule has 1 unspecified atom stereocenters. The largest absolute Gasteiger partial charge is 0.402 e. The van der Waals surface area contributed by atoms with E-state index in [0.29, 0.717) is 6.04 Å². The average Bonchev–Trinajstić information content (AvgIpc) is 2.65. The highest BCUT2D eigenvalue weighted by Gasteiger charge is 2.22. The predicted octanol–water partition coefficient (Wildman–Crippen LogP) is 1.97. The van der Waals surface area contributed by atoms with E-state index in [4.69, 9.17) is 11.5 Å². The van der Waals surface area contributed by atoms with E-state index < -0.39 is 0 Å². The van der Waals surface area contributed by atoms with E-state index in [1.165, 1.54) is 5.56 Å². The molecule has 1 aliphatic rings. The van der Waals surface area contributed by atoms with E-state index in [-0.39, 0.29) is 0 Å². The molecule has 1 aromatic carbocycles. The summed E-state index contributed by atoms with van der Waals surface area (Å²) in [5.74, 6) is 0.776. The van der Waals surface area contributed by atoms with Gasteiger partial charge in [0.05, 0.1) is 16.9 Å². The summed E-state index contributed by atoms with van der Waals surface area (Å²) in [6.07, 6.45) is 7.20. The second kappa shape index (κ2) is 7.53. The van der Waals surface area contributed by atoms with Crippen molar-refractivity contribution in [1.29, 1.82) is 0 Å². The Morgan fingerprint density at radius 3 is 2.40 bits per heavy atom. The molecule has 1 saturated heterocycles. The van der Waals surface area contributed by atoms with Crippen LogP contribution in [0.15, 0.2) is 54.3 Å². The molecule has 4 N–H and O–H groups in total. The van der Waals surface area contributed by atoms with Gasteiger partial charge in [0.2, 0.25) is 0 Å². The summed E-state index contributed by atoms with van der Waals surface area (Å²) in [5.41, 5.74) is 15.7. The summed E-state index contributed by atoms with van der Waals surface area (Å²) >= 11 is 0. The smallest absolute Gasteiger partial charge is 0.0987 e. The van der Waals surface area contributed by atoms with Crippen molar-refractivity contribution < 1.29 is 0 Å². The summed E-state index contributed by atoms with van der Waals surface area (Å²) < 4.78 is 0. The monoisotopic (exact) mass is 338 g/mol. The summed E-state index contributed by atoms with van der Waals surface area (Å²) in [6.45, 7) is 7.87. The number of rotatable bonds is 4. The van der Waals surface area contributed by atoms with Crippen molar-refractivity contribution in [2.45, 2.75) is 19.9 Å². The van der Waals surface area contributed by atoms with E-state index in [0.717, 1.165) is 48.7 Å². The van der Waals surface area contributed by atoms with Crippen LogP contribution in [0.1, 0.15) is 25.5 Å². The molecule has 1 atom stereocenters. The summed E-state index contributed by atoms with van der Waals surface area (Å²) in [5, 5.41) is 0. The zero-order valence-corrected chi connectivity index (χ0v) is 14.9. The number of hydrogen-bond donors (Lipinski definition) is 2. The molecule has 1 aromatic heterocycles. The first-order chi connectivity index (χ1) is 12.0. The normalized spacial score (nSPS) is 18.6. The fraction of sp³-hybridized carbons (Fsp3) is 0.368. The van der Waals surface area contributed by atoms with Gasteiger partial charge < -0.3 is 16.4 Å². The van der Waals surface area contributed by atoms with Crippen LogP contribution in [0.2, 0.25) is 0 Å². The molecule has 2 aromatic rings. The lowest BCUT2D eigenvalue weighted by Gasteiger charge is -2.39. The van der Waals surface area contributed by atoms with E-state index >= 15 is 0 Å². The fourth-order valence-electron chi connectivity index (χ4n) is 3.14. The lowest BCUT2D eigenvalue weighted by Crippen LogP contribution is -2.47. The van der Waals surface area contributed by atoms with Gasteiger partial charge in [0.15, 0.2) is 0 Å². The minimum Gasteiger partial charge on any atom is -0.402 e. The SMILES string of the molecule is C/C(N)=C/C=C(\N)N1CCN(C(C)c2ccc3nccnc3c2)CC1. The highest BCUT2D eigenvalue weighted by atomic mass is 15.3. The van der Waals surface area contributed by atoms with Crippen LogP contribution >= 0.6 is 0 Å². The van der Waals surface area contributed by atoms with Gasteiger partial charge in [-0.2, -0.15) is 0 Å². The first-order valence-corrected chi connectivity index (χ1v) is 8.64. The Morgan fingerprint density at radius 1 is 1.04 bits per heavy atom. The highest BCUT2D eigenvalue weighted by molar-refractivity contribution is 5.74. The summed E-state index contributed by atoms with van der Waals surface area (Å²) in [4.78, 5) is 13.4. The number of aromatic nitrogens is 2. The van der Waals surface area contributed by atoms with Gasteiger partial charge >= 0.3 is 0 Å². The van der Waals surface area contributed by atoms with Crippen molar-refractivity contribution in [2.24, 2.45) is 11.5 Å². The van der Waals surface area contributed by atoms with Crippen molar-refractivity contribution in [3.8, 4) is 0 Å². The molecule has 25 heavy (non-hydrogen) atoms. The van der Waals surface area contributed by atoms with Crippen LogP contribution in [-0.4, -0.2) is 45.9 Å². The Balaban J connectivity index is 1.65. The molecule has 1 aliphatic heterocycles. The fourth-order valence-corrected chi connectivity index (χ4v) is 3.14. The van der Waals surface area contributed by atoms with Gasteiger partial charge in [-0.15, -0.1) is 0 Å². The maximum Gasteiger partial charge on any atom is 0.0987 e. The number of fused-ring (bicyclic) bond motifs is 1. The standard InChI is InChI=1S/C19H26N6/c1-14(20)3-6-19(21)25-11-9-24(10-12-25)15(2)16-4-5-17-18(13-16)23-8-7-22-17/h3-8,13,15H,9-12,20-21H2,1-2H3/b14-3-,19-6+. The van der Waals surface area contributed by atoms with Crippen LogP contribution in [0.5, 0.6) is 0 Å². The average molecular weight is 338 g/mol. The minimum atomic E-state index is 0.338. The van der Waals surface area contributed by atoms with Crippen LogP contribution < -0.4 is 11.5 Å². The number of nitrogens with two attached hydrogens (primary N) is 2. The van der Waals surface area contributed by atoms with Crippen LogP contribution in [0.25, 0.3) is 11.0 Å². The molecule has 0 spiro atoms. The van der Waals surface area contributed by atoms with Crippen molar-refractivity contribution in [2.75, 3.05) is 26.2 Å². The second-order valence-corrected chi connectivity index (χ2v) is 6.51. The van der Waals surface area contributed by atoms with Crippen molar-refractivity contribution in [3.05, 3.63) is 59.8 Å². The quantitative estimate of drug-likeness (QED) is 0.829. The van der Waals surface area contributed by atoms with E-state index in [9.17, 15) is 0 Å². The van der Waals surface area contributed by atoms with Crippen LogP contribution in [0.3, 0.4) is 0 Å². The molecule has 0 aliphatic carbocycles. The molecule has 6 heteroatoms. The molecule has 6 nitrogen and oxygen atoms in total. The van der Waals surface area contributed by atoms with Gasteiger partial charge in [0.1, 0.15) is 0 Å². The molecule has 2 heterocycles. The number of piperazine rings is 1. The van der Waals surface area contributed by atoms with Gasteiger partial charge in [-0.25, -0.2) is 0 Å². The molecular formula is C19H26N6. The number of benzene rings is 1. The maximum atomic E-state index is 6.14. The molecule has 0 amide bonds. The van der Waals surface area contributed by atoms with Crippen molar-refractivity contribution in [1.82, 2.24) is 19.8 Å².